The zero-order valence-corrected chi connectivity index (χ0v) is 45.4. The van der Waals surface area contributed by atoms with E-state index in [0.29, 0.717) is 23.9 Å². The van der Waals surface area contributed by atoms with Gasteiger partial charge >= 0.3 is 0 Å². The van der Waals surface area contributed by atoms with Crippen LogP contribution in [0.3, 0.4) is 0 Å². The second kappa shape index (κ2) is 49.4. The molecule has 0 aliphatic rings. The molecule has 0 spiro atoms. The molecule has 0 radical (unpaired) electrons. The lowest BCUT2D eigenvalue weighted by Gasteiger charge is -2.30. The van der Waals surface area contributed by atoms with Crippen molar-refractivity contribution in [3.8, 4) is 0 Å². The van der Waals surface area contributed by atoms with Gasteiger partial charge < -0.3 is 28.8 Å². The van der Waals surface area contributed by atoms with Crippen molar-refractivity contribution >= 4 is 13.7 Å². The van der Waals surface area contributed by atoms with E-state index < -0.39 is 20.0 Å². The number of nitrogens with zero attached hydrogens (tertiary/aromatic N) is 1. The number of phosphoric ester groups is 1. The van der Waals surface area contributed by atoms with Crippen molar-refractivity contribution in [2.75, 3.05) is 40.9 Å². The first-order valence-electron chi connectivity index (χ1n) is 27.6. The first kappa shape index (κ1) is 65.4. The van der Waals surface area contributed by atoms with Crippen molar-refractivity contribution in [3.05, 3.63) is 97.2 Å². The molecule has 0 aliphatic carbocycles. The molecule has 0 saturated heterocycles. The number of hydrogen-bond donors (Lipinski definition) is 2. The fourth-order valence-corrected chi connectivity index (χ4v) is 8.25. The lowest BCUT2D eigenvalue weighted by Crippen LogP contribution is -2.46. The second-order valence-corrected chi connectivity index (χ2v) is 21.0. The molecule has 0 bridgehead atoms. The smallest absolute Gasteiger partial charge is 0.268 e. The number of nitrogens with one attached hydrogen (secondary N) is 1. The van der Waals surface area contributed by atoms with E-state index in [1.54, 1.807) is 0 Å². The van der Waals surface area contributed by atoms with Gasteiger partial charge in [0.2, 0.25) is 5.91 Å². The van der Waals surface area contributed by atoms with Crippen molar-refractivity contribution in [3.63, 3.8) is 0 Å². The Morgan fingerprint density at radius 1 is 0.529 bits per heavy atom. The minimum Gasteiger partial charge on any atom is -0.756 e. The zero-order valence-electron chi connectivity index (χ0n) is 44.5. The first-order chi connectivity index (χ1) is 33.0. The number of carbonyl (C=O) groups is 1. The number of aliphatic hydroxyl groups excluding tert-OH is 1. The van der Waals surface area contributed by atoms with Gasteiger partial charge in [0.1, 0.15) is 13.2 Å². The second-order valence-electron chi connectivity index (χ2n) is 19.6. The summed E-state index contributed by atoms with van der Waals surface area (Å²) in [6.45, 7) is 4.50. The minimum absolute atomic E-state index is 0.00883. The van der Waals surface area contributed by atoms with Gasteiger partial charge in [0.15, 0.2) is 0 Å². The van der Waals surface area contributed by atoms with Crippen molar-refractivity contribution in [2.45, 2.75) is 231 Å². The third-order valence-electron chi connectivity index (χ3n) is 11.8. The molecule has 0 aromatic carbocycles. The molecule has 392 valence electrons. The van der Waals surface area contributed by atoms with Gasteiger partial charge in [-0.1, -0.05) is 233 Å². The molecule has 0 saturated carbocycles. The third-order valence-corrected chi connectivity index (χ3v) is 12.8. The summed E-state index contributed by atoms with van der Waals surface area (Å²) in [5.41, 5.74) is 0. The lowest BCUT2D eigenvalue weighted by molar-refractivity contribution is -0.870. The molecule has 3 atom stereocenters. The largest absolute Gasteiger partial charge is 0.756 e. The number of phosphoric acid groups is 1. The molecule has 0 heterocycles. The molecular weight excluding hydrogens is 864 g/mol. The number of unbranched alkanes of at least 4 members (excludes halogenated alkanes) is 20. The van der Waals surface area contributed by atoms with Gasteiger partial charge in [-0.05, 0) is 77.0 Å². The molecular formula is C59H105N2O6P. The maximum atomic E-state index is 12.8. The molecule has 68 heavy (non-hydrogen) atoms. The van der Waals surface area contributed by atoms with E-state index in [9.17, 15) is 19.4 Å². The van der Waals surface area contributed by atoms with Crippen LogP contribution in [0.25, 0.3) is 0 Å². The Kier molecular flexibility index (Phi) is 47.5. The summed E-state index contributed by atoms with van der Waals surface area (Å²) in [6, 6.07) is -0.800. The van der Waals surface area contributed by atoms with Gasteiger partial charge in [0.05, 0.1) is 39.9 Å². The maximum absolute atomic E-state index is 12.8. The van der Waals surface area contributed by atoms with E-state index >= 15 is 0 Å². The zero-order chi connectivity index (χ0) is 49.9. The fourth-order valence-electron chi connectivity index (χ4n) is 7.53. The number of aliphatic hydroxyl groups is 1. The van der Waals surface area contributed by atoms with Crippen LogP contribution in [0.5, 0.6) is 0 Å². The molecule has 0 aromatic heterocycles. The van der Waals surface area contributed by atoms with Gasteiger partial charge in [-0.2, -0.15) is 0 Å². The highest BCUT2D eigenvalue weighted by molar-refractivity contribution is 7.45. The van der Waals surface area contributed by atoms with Crippen LogP contribution in [0.2, 0.25) is 0 Å². The van der Waals surface area contributed by atoms with Gasteiger partial charge in [0.25, 0.3) is 7.82 Å². The van der Waals surface area contributed by atoms with Crippen molar-refractivity contribution < 1.29 is 32.9 Å². The number of rotatable bonds is 49. The molecule has 0 fully saturated rings. The number of quaternary nitrogens is 1. The van der Waals surface area contributed by atoms with E-state index in [2.05, 4.69) is 116 Å². The molecule has 2 N–H and O–H groups in total. The predicted molar refractivity (Wildman–Crippen MR) is 293 cm³/mol. The van der Waals surface area contributed by atoms with Gasteiger partial charge in [-0.3, -0.25) is 9.36 Å². The van der Waals surface area contributed by atoms with Crippen LogP contribution >= 0.6 is 7.82 Å². The van der Waals surface area contributed by atoms with Crippen LogP contribution < -0.4 is 10.2 Å². The first-order valence-corrected chi connectivity index (χ1v) is 29.0. The summed E-state index contributed by atoms with van der Waals surface area (Å²) in [6.07, 6.45) is 70.8. The van der Waals surface area contributed by atoms with Crippen LogP contribution in [0.15, 0.2) is 97.2 Å². The van der Waals surface area contributed by atoms with E-state index in [-0.39, 0.29) is 19.1 Å². The predicted octanol–water partition coefficient (Wildman–Crippen LogP) is 16.0. The molecule has 1 amide bonds. The van der Waals surface area contributed by atoms with E-state index in [0.717, 1.165) is 103 Å². The molecule has 0 rings (SSSR count). The minimum atomic E-state index is -4.55. The van der Waals surface area contributed by atoms with E-state index in [4.69, 9.17) is 9.05 Å². The molecule has 0 aromatic rings. The van der Waals surface area contributed by atoms with Crippen molar-refractivity contribution in [1.29, 1.82) is 0 Å². The normalized spacial score (nSPS) is 14.8. The standard InChI is InChI=1S/C59H105N2O6P/c1-6-8-10-12-13-14-15-16-17-18-19-20-21-22-23-24-25-26-27-28-29-30-31-32-33-34-35-36-37-38-39-40-41-42-43-44-45-46-47-49-51-53-59(63)60-57(58(62)52-50-48-11-9-7-2)56-67-68(64,65)66-55-54-61(3,4)5/h8,10,13-14,16-17,19-20,22-23,25-26,28-29,31-32,57-58,62H,6-7,9,11-12,15,18,21,24,27,30,33-56H2,1-5H3,(H-,60,63,64,65)/b10-8-,14-13-,17-16-,20-19-,23-22-,26-25-,29-28-,32-31-. The number of likely N-dealkylation sites (N-methyl/N-ethyl adjacent to an activating group) is 1. The van der Waals surface area contributed by atoms with Crippen LogP contribution in [0.4, 0.5) is 0 Å². The van der Waals surface area contributed by atoms with Gasteiger partial charge in [0, 0.05) is 6.42 Å². The molecule has 8 nitrogen and oxygen atoms in total. The van der Waals surface area contributed by atoms with E-state index in [1.165, 1.54) is 89.9 Å². The summed E-state index contributed by atoms with van der Waals surface area (Å²) < 4.78 is 23.1. The highest BCUT2D eigenvalue weighted by Gasteiger charge is 2.24. The number of carbonyl (C=O) groups excluding carboxylic acids is 1. The quantitative estimate of drug-likeness (QED) is 0.0272. The van der Waals surface area contributed by atoms with Gasteiger partial charge in [-0.15, -0.1) is 0 Å². The number of amides is 1. The Balaban J connectivity index is 3.79. The average Bonchev–Trinajstić information content (AvgIpc) is 3.30. The van der Waals surface area contributed by atoms with Crippen LogP contribution in [0, 0.1) is 0 Å². The molecule has 3 unspecified atom stereocenters. The summed E-state index contributed by atoms with van der Waals surface area (Å²) in [5, 5.41) is 13.7. The number of hydrogen-bond acceptors (Lipinski definition) is 6. The van der Waals surface area contributed by atoms with Crippen LogP contribution in [-0.2, 0) is 18.4 Å². The Bertz CT molecular complexity index is 1420. The monoisotopic (exact) mass is 969 g/mol. The van der Waals surface area contributed by atoms with E-state index in [1.807, 2.05) is 21.1 Å². The number of allylic oxidation sites excluding steroid dienone is 16. The summed E-state index contributed by atoms with van der Waals surface area (Å²) in [5.74, 6) is -0.175. The SMILES string of the molecule is CC/C=C\C/C=C\C/C=C\C/C=C\C/C=C\C/C=C\C/C=C\C/C=C\CCCCCCCCCCCCCCCCCCC(=O)NC(COP(=O)([O-])OCC[N+](C)(C)C)C(O)CCCCCCC. The Labute approximate surface area is 419 Å². The molecule has 0 aliphatic heterocycles. The van der Waals surface area contributed by atoms with Crippen molar-refractivity contribution in [1.82, 2.24) is 5.32 Å². The summed E-state index contributed by atoms with van der Waals surface area (Å²) in [7, 11) is 1.29. The Morgan fingerprint density at radius 3 is 1.31 bits per heavy atom. The van der Waals surface area contributed by atoms with Crippen molar-refractivity contribution in [2.24, 2.45) is 0 Å². The Hall–Kier alpha value is -2.58. The average molecular weight is 969 g/mol. The topological polar surface area (TPSA) is 108 Å². The molecule has 9 heteroatoms. The summed E-state index contributed by atoms with van der Waals surface area (Å²) in [4.78, 5) is 25.2. The highest BCUT2D eigenvalue weighted by atomic mass is 31.2. The maximum Gasteiger partial charge on any atom is 0.268 e. The highest BCUT2D eigenvalue weighted by Crippen LogP contribution is 2.38. The van der Waals surface area contributed by atoms with Gasteiger partial charge in [-0.25, -0.2) is 0 Å². The van der Waals surface area contributed by atoms with Crippen LogP contribution in [-0.4, -0.2) is 68.5 Å². The fraction of sp³-hybridized carbons (Fsp3) is 0.712. The Morgan fingerprint density at radius 2 is 0.897 bits per heavy atom. The van der Waals surface area contributed by atoms with Crippen LogP contribution in [0.1, 0.15) is 219 Å². The lowest BCUT2D eigenvalue weighted by atomic mass is 10.0. The third kappa shape index (κ3) is 51.3. The summed E-state index contributed by atoms with van der Waals surface area (Å²) >= 11 is 0.